The van der Waals surface area contributed by atoms with Crippen molar-refractivity contribution >= 4 is 5.97 Å². The first-order valence-corrected chi connectivity index (χ1v) is 10.6. The SMILES string of the molecule is C=CC[C@]12C[C@@H](OC)[C@H](OC(C)=O)C[C@]1(OC)O[C@@H](c1ccc(OC)c(OC)c1)[C@H]2C. The number of hydrogen-bond acceptors (Lipinski definition) is 7. The Kier molecular flexibility index (Phi) is 6.98. The highest BCUT2D eigenvalue weighted by atomic mass is 16.7. The molecular weight excluding hydrogens is 400 g/mol. The summed E-state index contributed by atoms with van der Waals surface area (Å²) in [5.74, 6) is 0.0676. The fourth-order valence-electron chi connectivity index (χ4n) is 5.51. The summed E-state index contributed by atoms with van der Waals surface area (Å²) in [6, 6.07) is 5.81. The van der Waals surface area contributed by atoms with Gasteiger partial charge in [0.2, 0.25) is 0 Å². The molecule has 1 aliphatic heterocycles. The van der Waals surface area contributed by atoms with Gasteiger partial charge in [-0.25, -0.2) is 0 Å². The van der Waals surface area contributed by atoms with Crippen LogP contribution in [0.5, 0.6) is 11.5 Å². The Bertz CT molecular complexity index is 809. The van der Waals surface area contributed by atoms with Crippen LogP contribution in [0.25, 0.3) is 0 Å². The molecule has 0 aromatic heterocycles. The summed E-state index contributed by atoms with van der Waals surface area (Å²) in [6.07, 6.45) is 2.60. The van der Waals surface area contributed by atoms with E-state index < -0.39 is 17.3 Å². The van der Waals surface area contributed by atoms with Crippen LogP contribution in [0.2, 0.25) is 0 Å². The molecule has 2 fully saturated rings. The maximum atomic E-state index is 11.7. The fourth-order valence-corrected chi connectivity index (χ4v) is 5.51. The van der Waals surface area contributed by atoms with Gasteiger partial charge in [-0.1, -0.05) is 19.1 Å². The second kappa shape index (κ2) is 9.18. The molecule has 3 rings (SSSR count). The molecule has 2 aliphatic rings. The molecule has 0 unspecified atom stereocenters. The van der Waals surface area contributed by atoms with Crippen LogP contribution in [0.1, 0.15) is 44.8 Å². The third kappa shape index (κ3) is 3.83. The molecule has 1 aromatic rings. The Morgan fingerprint density at radius 1 is 1.16 bits per heavy atom. The van der Waals surface area contributed by atoms with Crippen LogP contribution >= 0.6 is 0 Å². The molecule has 0 amide bonds. The smallest absolute Gasteiger partial charge is 0.302 e. The second-order valence-corrected chi connectivity index (χ2v) is 8.38. The lowest BCUT2D eigenvalue weighted by Gasteiger charge is -2.52. The predicted molar refractivity (Wildman–Crippen MR) is 115 cm³/mol. The lowest BCUT2D eigenvalue weighted by Crippen LogP contribution is -2.59. The highest BCUT2D eigenvalue weighted by Gasteiger charge is 2.68. The molecule has 1 heterocycles. The lowest BCUT2D eigenvalue weighted by atomic mass is 9.59. The van der Waals surface area contributed by atoms with Gasteiger partial charge in [0.25, 0.3) is 0 Å². The summed E-state index contributed by atoms with van der Waals surface area (Å²) in [5.41, 5.74) is 0.566. The summed E-state index contributed by atoms with van der Waals surface area (Å²) in [5, 5.41) is 0. The van der Waals surface area contributed by atoms with Crippen molar-refractivity contribution in [3.8, 4) is 11.5 Å². The summed E-state index contributed by atoms with van der Waals surface area (Å²) >= 11 is 0. The lowest BCUT2D eigenvalue weighted by molar-refractivity contribution is -0.301. The molecule has 0 radical (unpaired) electrons. The van der Waals surface area contributed by atoms with E-state index in [9.17, 15) is 4.79 Å². The van der Waals surface area contributed by atoms with Crippen molar-refractivity contribution in [2.24, 2.45) is 11.3 Å². The molecule has 7 heteroatoms. The molecule has 1 aliphatic carbocycles. The van der Waals surface area contributed by atoms with E-state index in [0.29, 0.717) is 30.8 Å². The molecule has 31 heavy (non-hydrogen) atoms. The molecule has 0 N–H and O–H groups in total. The predicted octanol–water partition coefficient (Wildman–Crippen LogP) is 4.06. The van der Waals surface area contributed by atoms with Crippen molar-refractivity contribution in [2.75, 3.05) is 28.4 Å². The van der Waals surface area contributed by atoms with Crippen LogP contribution in [0.3, 0.4) is 0 Å². The van der Waals surface area contributed by atoms with Crippen LogP contribution in [0.4, 0.5) is 0 Å². The third-order valence-electron chi connectivity index (χ3n) is 7.05. The average molecular weight is 435 g/mol. The van der Waals surface area contributed by atoms with Crippen molar-refractivity contribution in [2.45, 2.75) is 57.2 Å². The number of carbonyl (C=O) groups is 1. The van der Waals surface area contributed by atoms with Gasteiger partial charge >= 0.3 is 5.97 Å². The monoisotopic (exact) mass is 434 g/mol. The summed E-state index contributed by atoms with van der Waals surface area (Å²) < 4.78 is 35.1. The Balaban J connectivity index is 2.07. The van der Waals surface area contributed by atoms with E-state index in [2.05, 4.69) is 13.5 Å². The van der Waals surface area contributed by atoms with E-state index >= 15 is 0 Å². The minimum Gasteiger partial charge on any atom is -0.493 e. The first kappa shape index (κ1) is 23.6. The van der Waals surface area contributed by atoms with Gasteiger partial charge in [-0.15, -0.1) is 6.58 Å². The van der Waals surface area contributed by atoms with Gasteiger partial charge in [-0.05, 0) is 36.5 Å². The highest BCUT2D eigenvalue weighted by molar-refractivity contribution is 5.66. The molecule has 6 atom stereocenters. The Morgan fingerprint density at radius 3 is 2.42 bits per heavy atom. The van der Waals surface area contributed by atoms with Crippen molar-refractivity contribution in [3.05, 3.63) is 36.4 Å². The molecular formula is C24H34O7. The van der Waals surface area contributed by atoms with Crippen LogP contribution in [-0.4, -0.2) is 52.4 Å². The number of hydrogen-bond donors (Lipinski definition) is 0. The van der Waals surface area contributed by atoms with E-state index in [1.54, 1.807) is 28.4 Å². The minimum atomic E-state index is -0.951. The Labute approximate surface area is 184 Å². The molecule has 1 saturated heterocycles. The summed E-state index contributed by atoms with van der Waals surface area (Å²) in [6.45, 7) is 7.58. The molecule has 7 nitrogen and oxygen atoms in total. The Hall–Kier alpha value is -2.09. The number of benzene rings is 1. The largest absolute Gasteiger partial charge is 0.493 e. The summed E-state index contributed by atoms with van der Waals surface area (Å²) in [4.78, 5) is 11.7. The zero-order chi connectivity index (χ0) is 22.8. The number of allylic oxidation sites excluding steroid dienone is 1. The third-order valence-corrected chi connectivity index (χ3v) is 7.05. The zero-order valence-electron chi connectivity index (χ0n) is 19.3. The number of ether oxygens (including phenoxy) is 6. The van der Waals surface area contributed by atoms with Crippen molar-refractivity contribution in [3.63, 3.8) is 0 Å². The number of carbonyl (C=O) groups excluding carboxylic acids is 1. The first-order chi connectivity index (χ1) is 14.8. The van der Waals surface area contributed by atoms with Crippen molar-refractivity contribution < 1.29 is 33.2 Å². The fraction of sp³-hybridized carbons (Fsp3) is 0.625. The average Bonchev–Trinajstić information content (AvgIpc) is 3.01. The molecule has 1 aromatic carbocycles. The van der Waals surface area contributed by atoms with Crippen molar-refractivity contribution in [1.29, 1.82) is 0 Å². The minimum absolute atomic E-state index is 0.0690. The standard InChI is InChI=1S/C24H34O7/c1-8-11-23-13-20(28-6)21(30-16(3)25)14-24(23,29-7)31-22(15(23)2)17-9-10-18(26-4)19(12-17)27-5/h8-10,12,15,20-22H,1,11,13-14H2,2-7H3/t15-,20-,21-,22-,23-,24+/m1/s1. The quantitative estimate of drug-likeness (QED) is 0.451. The van der Waals surface area contributed by atoms with Gasteiger partial charge in [0.05, 0.1) is 26.4 Å². The number of fused-ring (bicyclic) bond motifs is 1. The number of rotatable bonds is 8. The van der Waals surface area contributed by atoms with Crippen LogP contribution in [0.15, 0.2) is 30.9 Å². The first-order valence-electron chi connectivity index (χ1n) is 10.6. The normalized spacial score (nSPS) is 34.6. The molecule has 172 valence electrons. The van der Waals surface area contributed by atoms with Gasteiger partial charge in [0.1, 0.15) is 6.10 Å². The highest BCUT2D eigenvalue weighted by Crippen LogP contribution is 2.65. The molecule has 1 saturated carbocycles. The summed E-state index contributed by atoms with van der Waals surface area (Å²) in [7, 11) is 6.53. The van der Waals surface area contributed by atoms with Gasteiger partial charge in [-0.2, -0.15) is 0 Å². The van der Waals surface area contributed by atoms with E-state index in [1.807, 2.05) is 24.3 Å². The van der Waals surface area contributed by atoms with Crippen LogP contribution < -0.4 is 9.47 Å². The van der Waals surface area contributed by atoms with E-state index in [-0.39, 0.29) is 24.1 Å². The van der Waals surface area contributed by atoms with E-state index in [1.165, 1.54) is 6.92 Å². The number of esters is 1. The maximum Gasteiger partial charge on any atom is 0.302 e. The van der Waals surface area contributed by atoms with Gasteiger partial charge < -0.3 is 28.4 Å². The molecule has 0 bridgehead atoms. The van der Waals surface area contributed by atoms with Crippen molar-refractivity contribution in [1.82, 2.24) is 0 Å². The Morgan fingerprint density at radius 2 is 1.87 bits per heavy atom. The number of methoxy groups -OCH3 is 4. The topological polar surface area (TPSA) is 72.5 Å². The second-order valence-electron chi connectivity index (χ2n) is 8.38. The van der Waals surface area contributed by atoms with E-state index in [4.69, 9.17) is 28.4 Å². The van der Waals surface area contributed by atoms with Gasteiger partial charge in [0.15, 0.2) is 17.3 Å². The molecule has 0 spiro atoms. The van der Waals surface area contributed by atoms with Crippen LogP contribution in [-0.2, 0) is 23.7 Å². The van der Waals surface area contributed by atoms with Crippen LogP contribution in [0, 0.1) is 11.3 Å². The van der Waals surface area contributed by atoms with Gasteiger partial charge in [-0.3, -0.25) is 4.79 Å². The zero-order valence-corrected chi connectivity index (χ0v) is 19.3. The van der Waals surface area contributed by atoms with Gasteiger partial charge in [0, 0.05) is 33.0 Å². The maximum absolute atomic E-state index is 11.7. The van der Waals surface area contributed by atoms with E-state index in [0.717, 1.165) is 5.56 Å².